The summed E-state index contributed by atoms with van der Waals surface area (Å²) in [6, 6.07) is 12.2. The smallest absolute Gasteiger partial charge is 0.291 e. The monoisotopic (exact) mass is 387 g/mol. The molecule has 5 nitrogen and oxygen atoms in total. The lowest BCUT2D eigenvalue weighted by Crippen LogP contribution is -2.29. The number of nitrogens with zero attached hydrogens (tertiary/aromatic N) is 1. The summed E-state index contributed by atoms with van der Waals surface area (Å²) < 4.78 is 11.5. The molecule has 146 valence electrons. The Morgan fingerprint density at radius 1 is 1.14 bits per heavy atom. The first kappa shape index (κ1) is 18.7. The molecule has 0 fully saturated rings. The van der Waals surface area contributed by atoms with E-state index in [4.69, 9.17) is 9.15 Å². The van der Waals surface area contributed by atoms with Crippen molar-refractivity contribution >= 4 is 16.9 Å². The van der Waals surface area contributed by atoms with Crippen molar-refractivity contribution < 1.29 is 13.9 Å². The molecular formula is C24H21NO4. The lowest BCUT2D eigenvalue weighted by atomic mass is 9.98. The van der Waals surface area contributed by atoms with Crippen molar-refractivity contribution in [3.8, 4) is 5.75 Å². The molecule has 0 saturated heterocycles. The molecule has 1 aromatic heterocycles. The maximum atomic E-state index is 13.4. The molecule has 1 aliphatic heterocycles. The highest BCUT2D eigenvalue weighted by Gasteiger charge is 2.42. The van der Waals surface area contributed by atoms with E-state index >= 15 is 0 Å². The summed E-state index contributed by atoms with van der Waals surface area (Å²) in [5, 5.41) is 0.473. The first-order valence-corrected chi connectivity index (χ1v) is 9.38. The minimum Gasteiger partial charge on any atom is -0.490 e. The topological polar surface area (TPSA) is 59.8 Å². The highest BCUT2D eigenvalue weighted by atomic mass is 16.5. The molecule has 5 heteroatoms. The van der Waals surface area contributed by atoms with Gasteiger partial charge in [-0.05, 0) is 36.8 Å². The van der Waals surface area contributed by atoms with E-state index in [2.05, 4.69) is 13.2 Å². The van der Waals surface area contributed by atoms with Gasteiger partial charge in [-0.25, -0.2) is 0 Å². The zero-order valence-electron chi connectivity index (χ0n) is 16.2. The van der Waals surface area contributed by atoms with Crippen LogP contribution in [0.15, 0.2) is 77.0 Å². The van der Waals surface area contributed by atoms with Crippen LogP contribution in [-0.2, 0) is 0 Å². The van der Waals surface area contributed by atoms with Crippen molar-refractivity contribution in [2.75, 3.05) is 13.2 Å². The second-order valence-electron chi connectivity index (χ2n) is 6.99. The molecule has 0 spiro atoms. The number of ether oxygens (including phenoxy) is 1. The molecule has 2 heterocycles. The van der Waals surface area contributed by atoms with Crippen molar-refractivity contribution in [1.82, 2.24) is 4.90 Å². The SMILES string of the molecule is C=CCOc1cccc([C@H]2c3c(oc4ccc(C)cc4c3=O)C(=O)N2CC=C)c1. The fraction of sp³-hybridized carbons (Fsp3) is 0.167. The van der Waals surface area contributed by atoms with Crippen LogP contribution in [0.3, 0.4) is 0 Å². The molecule has 3 aromatic rings. The summed E-state index contributed by atoms with van der Waals surface area (Å²) in [5.41, 5.74) is 2.31. The fourth-order valence-corrected chi connectivity index (χ4v) is 3.74. The molecule has 1 atom stereocenters. The average molecular weight is 387 g/mol. The molecule has 2 aromatic carbocycles. The lowest BCUT2D eigenvalue weighted by molar-refractivity contribution is 0.0748. The van der Waals surface area contributed by atoms with Gasteiger partial charge in [0.2, 0.25) is 5.76 Å². The van der Waals surface area contributed by atoms with Crippen LogP contribution in [0.25, 0.3) is 11.0 Å². The first-order valence-electron chi connectivity index (χ1n) is 9.38. The number of carbonyl (C=O) groups excluding carboxylic acids is 1. The van der Waals surface area contributed by atoms with Gasteiger partial charge < -0.3 is 14.1 Å². The maximum absolute atomic E-state index is 13.4. The van der Waals surface area contributed by atoms with Crippen molar-refractivity contribution in [3.05, 3.63) is 100 Å². The van der Waals surface area contributed by atoms with Gasteiger partial charge in [-0.15, -0.1) is 6.58 Å². The number of fused-ring (bicyclic) bond motifs is 2. The van der Waals surface area contributed by atoms with E-state index in [9.17, 15) is 9.59 Å². The van der Waals surface area contributed by atoms with Crippen LogP contribution in [0.5, 0.6) is 5.75 Å². The zero-order chi connectivity index (χ0) is 20.5. The third kappa shape index (κ3) is 3.14. The largest absolute Gasteiger partial charge is 0.490 e. The van der Waals surface area contributed by atoms with Crippen LogP contribution < -0.4 is 10.2 Å². The Balaban J connectivity index is 1.94. The van der Waals surface area contributed by atoms with E-state index in [-0.39, 0.29) is 17.1 Å². The van der Waals surface area contributed by atoms with Crippen LogP contribution in [0.1, 0.15) is 33.3 Å². The van der Waals surface area contributed by atoms with Gasteiger partial charge in [-0.3, -0.25) is 9.59 Å². The quantitative estimate of drug-likeness (QED) is 0.589. The van der Waals surface area contributed by atoms with Gasteiger partial charge in [0.1, 0.15) is 17.9 Å². The summed E-state index contributed by atoms with van der Waals surface area (Å²) in [7, 11) is 0. The highest BCUT2D eigenvalue weighted by molar-refractivity contribution is 5.99. The number of hydrogen-bond donors (Lipinski definition) is 0. The number of hydrogen-bond acceptors (Lipinski definition) is 4. The molecule has 0 radical (unpaired) electrons. The standard InChI is InChI=1S/C24H21NO4/c1-4-11-25-21(16-7-6-8-17(14-16)28-12-5-2)20-22(26)18-13-15(3)9-10-19(18)29-23(20)24(25)27/h4-10,13-14,21H,1-2,11-12H2,3H3/t21-/m0/s1. The third-order valence-electron chi connectivity index (χ3n) is 4.99. The van der Waals surface area contributed by atoms with Crippen molar-refractivity contribution in [2.24, 2.45) is 0 Å². The van der Waals surface area contributed by atoms with Gasteiger partial charge in [-0.2, -0.15) is 0 Å². The predicted octanol–water partition coefficient (Wildman–Crippen LogP) is 4.40. The van der Waals surface area contributed by atoms with Crippen LogP contribution in [0, 0.1) is 6.92 Å². The van der Waals surface area contributed by atoms with E-state index in [0.29, 0.717) is 35.4 Å². The zero-order valence-corrected chi connectivity index (χ0v) is 16.2. The van der Waals surface area contributed by atoms with Crippen LogP contribution in [-0.4, -0.2) is 24.0 Å². The molecular weight excluding hydrogens is 366 g/mol. The van der Waals surface area contributed by atoms with E-state index < -0.39 is 6.04 Å². The number of rotatable bonds is 6. The van der Waals surface area contributed by atoms with Crippen LogP contribution >= 0.6 is 0 Å². The van der Waals surface area contributed by atoms with Crippen LogP contribution in [0.2, 0.25) is 0 Å². The van der Waals surface area contributed by atoms with E-state index in [1.165, 1.54) is 0 Å². The number of amides is 1. The van der Waals surface area contributed by atoms with Crippen molar-refractivity contribution in [3.63, 3.8) is 0 Å². The van der Waals surface area contributed by atoms with Crippen molar-refractivity contribution in [1.29, 1.82) is 0 Å². The highest BCUT2D eigenvalue weighted by Crippen LogP contribution is 2.38. The van der Waals surface area contributed by atoms with Gasteiger partial charge in [-0.1, -0.05) is 42.5 Å². The second kappa shape index (κ2) is 7.43. The first-order chi connectivity index (χ1) is 14.0. The number of aryl methyl sites for hydroxylation is 1. The number of carbonyl (C=O) groups is 1. The summed E-state index contributed by atoms with van der Waals surface area (Å²) >= 11 is 0. The molecule has 0 unspecified atom stereocenters. The molecule has 0 N–H and O–H groups in total. The fourth-order valence-electron chi connectivity index (χ4n) is 3.74. The molecule has 1 aliphatic rings. The lowest BCUT2D eigenvalue weighted by Gasteiger charge is -2.24. The third-order valence-corrected chi connectivity index (χ3v) is 4.99. The minimum atomic E-state index is -0.566. The number of benzene rings is 2. The molecule has 29 heavy (non-hydrogen) atoms. The van der Waals surface area contributed by atoms with Gasteiger partial charge >= 0.3 is 0 Å². The Hall–Kier alpha value is -3.60. The normalized spacial score (nSPS) is 15.4. The Labute approximate surface area is 168 Å². The molecule has 0 aliphatic carbocycles. The Bertz CT molecular complexity index is 1190. The van der Waals surface area contributed by atoms with E-state index in [1.807, 2.05) is 37.3 Å². The Morgan fingerprint density at radius 3 is 2.72 bits per heavy atom. The van der Waals surface area contributed by atoms with E-state index in [0.717, 1.165) is 11.1 Å². The van der Waals surface area contributed by atoms with Gasteiger partial charge in [0, 0.05) is 6.54 Å². The molecule has 4 rings (SSSR count). The summed E-state index contributed by atoms with van der Waals surface area (Å²) in [4.78, 5) is 28.1. The van der Waals surface area contributed by atoms with Gasteiger partial charge in [0.25, 0.3) is 5.91 Å². The summed E-state index contributed by atoms with van der Waals surface area (Å²) in [6.07, 6.45) is 3.30. The summed E-state index contributed by atoms with van der Waals surface area (Å²) in [5.74, 6) is 0.417. The average Bonchev–Trinajstić information content (AvgIpc) is 3.00. The molecule has 0 saturated carbocycles. The van der Waals surface area contributed by atoms with E-state index in [1.54, 1.807) is 29.2 Å². The predicted molar refractivity (Wildman–Crippen MR) is 112 cm³/mol. The summed E-state index contributed by atoms with van der Waals surface area (Å²) in [6.45, 7) is 9.99. The minimum absolute atomic E-state index is 0.0932. The Kier molecular flexibility index (Phi) is 4.80. The second-order valence-corrected chi connectivity index (χ2v) is 6.99. The van der Waals surface area contributed by atoms with Gasteiger partial charge in [0.05, 0.1) is 17.0 Å². The maximum Gasteiger partial charge on any atom is 0.291 e. The van der Waals surface area contributed by atoms with Gasteiger partial charge in [0.15, 0.2) is 5.43 Å². The van der Waals surface area contributed by atoms with Crippen molar-refractivity contribution in [2.45, 2.75) is 13.0 Å². The Morgan fingerprint density at radius 2 is 1.97 bits per heavy atom. The van der Waals surface area contributed by atoms with Crippen LogP contribution in [0.4, 0.5) is 0 Å². The molecule has 0 bridgehead atoms. The molecule has 1 amide bonds.